The van der Waals surface area contributed by atoms with Gasteiger partial charge in [0.2, 0.25) is 0 Å². The highest BCUT2D eigenvalue weighted by Crippen LogP contribution is 2.66. The number of rotatable bonds is 1. The summed E-state index contributed by atoms with van der Waals surface area (Å²) in [4.78, 5) is 12.6. The van der Waals surface area contributed by atoms with Crippen LogP contribution in [-0.2, 0) is 16.6 Å². The molecule has 3 aliphatic carbocycles. The molecule has 2 saturated carbocycles. The van der Waals surface area contributed by atoms with Crippen LogP contribution in [0.1, 0.15) is 36.8 Å². The third-order valence-electron chi connectivity index (χ3n) is 6.54. The summed E-state index contributed by atoms with van der Waals surface area (Å²) < 4.78 is 11.5. The SMILES string of the molecule is O=C1CC(O)C2(O)[C@@H]3CCCC24c2c(ccc(OI)c2OC14)C3. The Bertz CT molecular complexity index is 734. The van der Waals surface area contributed by atoms with Crippen LogP contribution in [0.3, 0.4) is 0 Å². The van der Waals surface area contributed by atoms with Gasteiger partial charge in [-0.25, -0.2) is 0 Å². The normalized spacial score (nSPS) is 42.9. The van der Waals surface area contributed by atoms with E-state index in [-0.39, 0.29) is 18.1 Å². The molecule has 6 heteroatoms. The van der Waals surface area contributed by atoms with Gasteiger partial charge in [0, 0.05) is 12.0 Å². The molecule has 2 bridgehead atoms. The van der Waals surface area contributed by atoms with Crippen LogP contribution in [0.5, 0.6) is 11.5 Å². The Kier molecular flexibility index (Phi) is 2.77. The van der Waals surface area contributed by atoms with Gasteiger partial charge < -0.3 is 18.0 Å². The second-order valence-corrected chi connectivity index (χ2v) is 7.72. The number of benzene rings is 1. The lowest BCUT2D eigenvalue weighted by Crippen LogP contribution is -2.75. The topological polar surface area (TPSA) is 76.0 Å². The van der Waals surface area contributed by atoms with E-state index in [1.54, 1.807) is 23.0 Å². The number of carbonyl (C=O) groups excluding carboxylic acids is 1. The van der Waals surface area contributed by atoms with E-state index in [2.05, 4.69) is 0 Å². The largest absolute Gasteiger partial charge is 0.477 e. The maximum atomic E-state index is 12.6. The number of ketones is 1. The Hall–Kier alpha value is -0.860. The van der Waals surface area contributed by atoms with Gasteiger partial charge in [-0.05, 0) is 36.8 Å². The standard InChI is InChI=1S/C17H17IO5/c18-23-11-4-3-8-6-9-2-1-5-16-13(8)14(11)22-15(16)10(19)7-12(20)17(9,16)21/h3-4,9,12,15,20-21H,1-2,5-7H2/t9-,12?,15?,16?,17?/m1/s1. The molecular weight excluding hydrogens is 411 g/mol. The summed E-state index contributed by atoms with van der Waals surface area (Å²) >= 11 is 1.81. The first kappa shape index (κ1) is 14.5. The Balaban J connectivity index is 1.88. The molecule has 5 rings (SSSR count). The van der Waals surface area contributed by atoms with Gasteiger partial charge in [0.25, 0.3) is 0 Å². The molecule has 23 heavy (non-hydrogen) atoms. The number of hydrogen-bond donors (Lipinski definition) is 2. The predicted molar refractivity (Wildman–Crippen MR) is 88.8 cm³/mol. The predicted octanol–water partition coefficient (Wildman–Crippen LogP) is 1.84. The van der Waals surface area contributed by atoms with E-state index in [4.69, 9.17) is 7.80 Å². The second-order valence-electron chi connectivity index (χ2n) is 7.28. The van der Waals surface area contributed by atoms with Crippen LogP contribution in [0.15, 0.2) is 12.1 Å². The van der Waals surface area contributed by atoms with Crippen LogP contribution < -0.4 is 7.80 Å². The molecule has 122 valence electrons. The van der Waals surface area contributed by atoms with Crippen LogP contribution >= 0.6 is 23.0 Å². The number of halogens is 1. The zero-order valence-corrected chi connectivity index (χ0v) is 14.6. The average Bonchev–Trinajstić information content (AvgIpc) is 2.86. The zero-order valence-electron chi connectivity index (χ0n) is 12.4. The highest BCUT2D eigenvalue weighted by Gasteiger charge is 2.74. The van der Waals surface area contributed by atoms with E-state index in [0.29, 0.717) is 24.3 Å². The van der Waals surface area contributed by atoms with Gasteiger partial charge in [-0.2, -0.15) is 0 Å². The lowest BCUT2D eigenvalue weighted by atomic mass is 9.45. The molecule has 0 amide bonds. The number of ether oxygens (including phenoxy) is 1. The monoisotopic (exact) mass is 428 g/mol. The van der Waals surface area contributed by atoms with Crippen molar-refractivity contribution in [1.29, 1.82) is 0 Å². The Labute approximate surface area is 147 Å². The minimum absolute atomic E-state index is 0.0322. The minimum Gasteiger partial charge on any atom is -0.477 e. The first-order valence-electron chi connectivity index (χ1n) is 8.08. The average molecular weight is 428 g/mol. The van der Waals surface area contributed by atoms with Crippen molar-refractivity contribution in [2.24, 2.45) is 5.92 Å². The van der Waals surface area contributed by atoms with Crippen LogP contribution in [0.4, 0.5) is 0 Å². The van der Waals surface area contributed by atoms with E-state index in [1.165, 1.54) is 0 Å². The third-order valence-corrected chi connectivity index (χ3v) is 7.02. The zero-order chi connectivity index (χ0) is 16.0. The van der Waals surface area contributed by atoms with Crippen LogP contribution in [0, 0.1) is 5.92 Å². The summed E-state index contributed by atoms with van der Waals surface area (Å²) in [6.07, 6.45) is 1.41. The Morgan fingerprint density at radius 2 is 2.17 bits per heavy atom. The Morgan fingerprint density at radius 3 is 2.96 bits per heavy atom. The number of carbonyl (C=O) groups is 1. The van der Waals surface area contributed by atoms with Gasteiger partial charge in [-0.1, -0.05) is 12.5 Å². The van der Waals surface area contributed by atoms with Crippen molar-refractivity contribution >= 4 is 28.8 Å². The third kappa shape index (κ3) is 1.41. The molecule has 1 aromatic rings. The van der Waals surface area contributed by atoms with E-state index in [1.807, 2.05) is 12.1 Å². The van der Waals surface area contributed by atoms with E-state index in [9.17, 15) is 15.0 Å². The van der Waals surface area contributed by atoms with Crippen molar-refractivity contribution in [3.63, 3.8) is 0 Å². The quantitative estimate of drug-likeness (QED) is 0.668. The fraction of sp³-hybridized carbons (Fsp3) is 0.588. The maximum absolute atomic E-state index is 12.6. The van der Waals surface area contributed by atoms with Gasteiger partial charge >= 0.3 is 0 Å². The van der Waals surface area contributed by atoms with Gasteiger partial charge in [0.1, 0.15) is 5.60 Å². The molecule has 1 spiro atoms. The van der Waals surface area contributed by atoms with Gasteiger partial charge in [-0.3, -0.25) is 4.79 Å². The molecule has 0 aromatic heterocycles. The fourth-order valence-corrected chi connectivity index (χ4v) is 6.10. The molecule has 4 aliphatic rings. The molecule has 5 atom stereocenters. The minimum atomic E-state index is -1.29. The summed E-state index contributed by atoms with van der Waals surface area (Å²) in [6, 6.07) is 3.89. The summed E-state index contributed by atoms with van der Waals surface area (Å²) in [7, 11) is 0. The molecule has 0 saturated heterocycles. The first-order valence-corrected chi connectivity index (χ1v) is 8.97. The van der Waals surface area contributed by atoms with Gasteiger partial charge in [0.05, 0.1) is 11.5 Å². The number of aliphatic hydroxyl groups excluding tert-OH is 1. The molecule has 1 aliphatic heterocycles. The summed E-state index contributed by atoms with van der Waals surface area (Å²) in [5, 5.41) is 22.3. The molecule has 2 fully saturated rings. The molecule has 2 N–H and O–H groups in total. The molecular formula is C17H17IO5. The van der Waals surface area contributed by atoms with Crippen molar-refractivity contribution in [3.8, 4) is 11.5 Å². The van der Waals surface area contributed by atoms with Crippen LogP contribution in [0.2, 0.25) is 0 Å². The van der Waals surface area contributed by atoms with Crippen LogP contribution in [-0.4, -0.2) is 33.8 Å². The summed E-state index contributed by atoms with van der Waals surface area (Å²) in [6.45, 7) is 0. The van der Waals surface area contributed by atoms with Crippen molar-refractivity contribution < 1.29 is 22.8 Å². The number of aliphatic hydroxyl groups is 2. The molecule has 1 heterocycles. The number of hydrogen-bond acceptors (Lipinski definition) is 5. The second kappa shape index (κ2) is 4.40. The summed E-state index contributed by atoms with van der Waals surface area (Å²) in [5.41, 5.74) is -0.0803. The lowest BCUT2D eigenvalue weighted by molar-refractivity contribution is -0.219. The van der Waals surface area contributed by atoms with Crippen molar-refractivity contribution in [1.82, 2.24) is 0 Å². The van der Waals surface area contributed by atoms with Crippen molar-refractivity contribution in [2.75, 3.05) is 0 Å². The van der Waals surface area contributed by atoms with Gasteiger partial charge in [0.15, 0.2) is 46.4 Å². The van der Waals surface area contributed by atoms with Crippen LogP contribution in [0.25, 0.3) is 0 Å². The molecule has 4 unspecified atom stereocenters. The van der Waals surface area contributed by atoms with Crippen molar-refractivity contribution in [3.05, 3.63) is 23.3 Å². The smallest absolute Gasteiger partial charge is 0.192 e. The molecule has 5 nitrogen and oxygen atoms in total. The molecule has 1 aromatic carbocycles. The van der Waals surface area contributed by atoms with E-state index < -0.39 is 23.2 Å². The van der Waals surface area contributed by atoms with E-state index in [0.717, 1.165) is 24.0 Å². The highest BCUT2D eigenvalue weighted by atomic mass is 127. The molecule has 0 radical (unpaired) electrons. The Morgan fingerprint density at radius 1 is 1.35 bits per heavy atom. The van der Waals surface area contributed by atoms with Crippen molar-refractivity contribution in [2.45, 2.75) is 55.3 Å². The van der Waals surface area contributed by atoms with Gasteiger partial charge in [-0.15, -0.1) is 0 Å². The summed E-state index contributed by atoms with van der Waals surface area (Å²) in [5.74, 6) is 1.02. The fourth-order valence-electron chi connectivity index (χ4n) is 5.76. The first-order chi connectivity index (χ1) is 11.0. The maximum Gasteiger partial charge on any atom is 0.192 e. The highest BCUT2D eigenvalue weighted by molar-refractivity contribution is 14.1. The number of Topliss-reactive ketones (excluding diaryl/α,β-unsaturated/α-hetero) is 1. The van der Waals surface area contributed by atoms with E-state index >= 15 is 0 Å². The lowest BCUT2D eigenvalue weighted by Gasteiger charge is -2.61.